The summed E-state index contributed by atoms with van der Waals surface area (Å²) in [4.78, 5) is 12.7. The van der Waals surface area contributed by atoms with E-state index in [-0.39, 0.29) is 31.4 Å². The molecule has 241 valence electrons. The van der Waals surface area contributed by atoms with Gasteiger partial charge in [-0.3, -0.25) is 18.7 Å². The Morgan fingerprint density at radius 3 is 2.34 bits per heavy atom. The van der Waals surface area contributed by atoms with Crippen LogP contribution in [0.5, 0.6) is 0 Å². The van der Waals surface area contributed by atoms with Crippen molar-refractivity contribution < 1.29 is 42.1 Å². The van der Waals surface area contributed by atoms with E-state index < -0.39 is 23.5 Å². The third-order valence-electron chi connectivity index (χ3n) is 6.90. The van der Waals surface area contributed by atoms with Gasteiger partial charge in [-0.2, -0.15) is 13.2 Å². The molecular formula is C35H23F5IrN6-4. The second-order valence-corrected chi connectivity index (χ2v) is 10.4. The van der Waals surface area contributed by atoms with E-state index in [1.54, 1.807) is 18.2 Å². The fraction of sp³-hybridized carbons (Fsp3) is 0.0857. The quantitative estimate of drug-likeness (QED) is 0.132. The number of anilines is 1. The molecule has 0 unspecified atom stereocenters. The number of hydrogen-bond acceptors (Lipinski definition) is 5. The zero-order chi connectivity index (χ0) is 32.4. The largest absolute Gasteiger partial charge is 0.573 e. The number of alkyl halides is 3. The molecule has 4 heterocycles. The Bertz CT molecular complexity index is 2040. The smallest absolute Gasteiger partial charge is 0.431 e. The monoisotopic (exact) mass is 815 g/mol. The molecule has 0 spiro atoms. The van der Waals surface area contributed by atoms with Crippen LogP contribution in [0.25, 0.3) is 44.7 Å². The second kappa shape index (κ2) is 13.8. The maximum Gasteiger partial charge on any atom is 0.431 e. The van der Waals surface area contributed by atoms with Gasteiger partial charge in [0.1, 0.15) is 5.69 Å². The minimum Gasteiger partial charge on any atom is -0.573 e. The number of pyridine rings is 2. The Hall–Kier alpha value is -4.93. The molecule has 0 N–H and O–H groups in total. The summed E-state index contributed by atoms with van der Waals surface area (Å²) in [5, 5.41) is 8.63. The molecule has 3 aromatic carbocycles. The van der Waals surface area contributed by atoms with Crippen LogP contribution in [0.15, 0.2) is 97.3 Å². The summed E-state index contributed by atoms with van der Waals surface area (Å²) >= 11 is 0. The van der Waals surface area contributed by atoms with Crippen molar-refractivity contribution in [1.82, 2.24) is 25.1 Å². The van der Waals surface area contributed by atoms with Crippen molar-refractivity contribution in [3.63, 3.8) is 0 Å². The first-order valence-corrected chi connectivity index (χ1v) is 13.9. The van der Waals surface area contributed by atoms with E-state index in [4.69, 9.17) is 0 Å². The van der Waals surface area contributed by atoms with Crippen LogP contribution < -0.4 is 10.00 Å². The minimum atomic E-state index is -4.53. The third-order valence-corrected chi connectivity index (χ3v) is 6.90. The number of aromatic nitrogens is 4. The SMILES string of the molecule is Cc1cc(-c2[c-]cc(F)cc2F)nc(N2C=CN(C)[CH-]2)c1.FC(F)(F)c1cc(-c2cc3ccccc3c(-c3[c-]cccc3)n2)[n-]n1.[Ir]. The molecule has 0 atom stereocenters. The number of fused-ring (bicyclic) bond motifs is 1. The molecular weight excluding hydrogens is 792 g/mol. The van der Waals surface area contributed by atoms with E-state index in [9.17, 15) is 22.0 Å². The van der Waals surface area contributed by atoms with Gasteiger partial charge < -0.3 is 20.0 Å². The zero-order valence-corrected chi connectivity index (χ0v) is 27.1. The van der Waals surface area contributed by atoms with Crippen LogP contribution in [-0.4, -0.2) is 27.0 Å². The summed E-state index contributed by atoms with van der Waals surface area (Å²) in [5.41, 5.74) is 2.34. The molecule has 0 fully saturated rings. The van der Waals surface area contributed by atoms with E-state index in [0.717, 1.165) is 40.1 Å². The Balaban J connectivity index is 0.000000183. The van der Waals surface area contributed by atoms with Gasteiger partial charge in [-0.05, 0) is 66.7 Å². The van der Waals surface area contributed by atoms with Gasteiger partial charge in [0.05, 0.1) is 5.82 Å². The van der Waals surface area contributed by atoms with E-state index in [1.165, 1.54) is 0 Å². The Morgan fingerprint density at radius 1 is 0.872 bits per heavy atom. The Morgan fingerprint density at radius 2 is 1.66 bits per heavy atom. The molecule has 47 heavy (non-hydrogen) atoms. The summed E-state index contributed by atoms with van der Waals surface area (Å²) < 4.78 is 65.2. The van der Waals surface area contributed by atoms with Gasteiger partial charge in [-0.15, -0.1) is 54.7 Å². The summed E-state index contributed by atoms with van der Waals surface area (Å²) in [5.74, 6) is -0.651. The fourth-order valence-corrected chi connectivity index (χ4v) is 4.77. The number of aryl methyl sites for hydroxylation is 1. The number of rotatable bonds is 4. The third kappa shape index (κ3) is 7.56. The van der Waals surface area contributed by atoms with Gasteiger partial charge in [-0.1, -0.05) is 53.2 Å². The van der Waals surface area contributed by atoms with E-state index in [0.29, 0.717) is 22.9 Å². The van der Waals surface area contributed by atoms with Crippen LogP contribution in [0.1, 0.15) is 11.3 Å². The van der Waals surface area contributed by atoms with Gasteiger partial charge >= 0.3 is 6.18 Å². The molecule has 3 aromatic heterocycles. The predicted molar refractivity (Wildman–Crippen MR) is 164 cm³/mol. The van der Waals surface area contributed by atoms with Crippen LogP contribution in [0, 0.1) is 37.4 Å². The second-order valence-electron chi connectivity index (χ2n) is 10.4. The van der Waals surface area contributed by atoms with Gasteiger partial charge in [0.15, 0.2) is 0 Å². The van der Waals surface area contributed by atoms with Crippen molar-refractivity contribution in [3.05, 3.63) is 139 Å². The van der Waals surface area contributed by atoms with Crippen LogP contribution in [0.3, 0.4) is 0 Å². The first kappa shape index (κ1) is 33.4. The molecule has 0 saturated heterocycles. The van der Waals surface area contributed by atoms with Crippen LogP contribution in [-0.2, 0) is 26.3 Å². The minimum absolute atomic E-state index is 0. The Labute approximate surface area is 281 Å². The first-order valence-electron chi connectivity index (χ1n) is 13.9. The Kier molecular flexibility index (Phi) is 9.83. The fourth-order valence-electron chi connectivity index (χ4n) is 4.77. The van der Waals surface area contributed by atoms with E-state index in [2.05, 4.69) is 32.3 Å². The van der Waals surface area contributed by atoms with Crippen molar-refractivity contribution in [2.24, 2.45) is 0 Å². The molecule has 7 rings (SSSR count). The van der Waals surface area contributed by atoms with Crippen molar-refractivity contribution >= 4 is 16.6 Å². The van der Waals surface area contributed by atoms with Crippen LogP contribution in [0.4, 0.5) is 27.8 Å². The zero-order valence-electron chi connectivity index (χ0n) is 24.7. The topological polar surface area (TPSA) is 59.3 Å². The molecule has 0 aliphatic carbocycles. The van der Waals surface area contributed by atoms with E-state index in [1.807, 2.05) is 91.4 Å². The molecule has 1 aliphatic heterocycles. The predicted octanol–water partition coefficient (Wildman–Crippen LogP) is 8.22. The van der Waals surface area contributed by atoms with Gasteiger partial charge in [-0.25, -0.2) is 0 Å². The van der Waals surface area contributed by atoms with Crippen molar-refractivity contribution in [3.8, 4) is 33.9 Å². The van der Waals surface area contributed by atoms with Crippen molar-refractivity contribution in [2.45, 2.75) is 13.1 Å². The summed E-state index contributed by atoms with van der Waals surface area (Å²) in [6, 6.07) is 28.8. The van der Waals surface area contributed by atoms with Gasteiger partial charge in [0, 0.05) is 37.4 Å². The van der Waals surface area contributed by atoms with Crippen molar-refractivity contribution in [2.75, 3.05) is 11.9 Å². The summed E-state index contributed by atoms with van der Waals surface area (Å²) in [6.07, 6.45) is -0.789. The molecule has 12 heteroatoms. The van der Waals surface area contributed by atoms with Crippen molar-refractivity contribution in [1.29, 1.82) is 0 Å². The molecule has 6 nitrogen and oxygen atoms in total. The first-order chi connectivity index (χ1) is 22.0. The molecule has 6 aromatic rings. The van der Waals surface area contributed by atoms with E-state index >= 15 is 0 Å². The molecule has 0 amide bonds. The maximum absolute atomic E-state index is 13.9. The average molecular weight is 815 g/mol. The average Bonchev–Trinajstić information content (AvgIpc) is 3.71. The molecule has 0 saturated carbocycles. The number of nitrogens with zero attached hydrogens (tertiary/aromatic N) is 6. The van der Waals surface area contributed by atoms with Crippen LogP contribution >= 0.6 is 0 Å². The maximum atomic E-state index is 13.9. The molecule has 1 aliphatic rings. The number of hydrogen-bond donors (Lipinski definition) is 0. The number of benzene rings is 3. The normalized spacial score (nSPS) is 12.6. The standard InChI is InChI=1S/C19H10F3N3.C16H13F2N3.Ir/c20-19(21,22)17-11-16(24-25-17)15-10-13-8-4-5-9-14(13)18(23-15)12-6-2-1-3-7-12;1-11-7-15(13-4-3-12(17)9-14(13)18)19-16(8-11)21-6-5-20(2)10-21;/h1-6,8-11H;3,5-10H,1-2H3;/q2*-2;. The number of halogens is 5. The van der Waals surface area contributed by atoms with Gasteiger partial charge in [0.25, 0.3) is 0 Å². The molecule has 1 radical (unpaired) electrons. The van der Waals surface area contributed by atoms with Gasteiger partial charge in [0.2, 0.25) is 0 Å². The van der Waals surface area contributed by atoms with Crippen LogP contribution in [0.2, 0.25) is 0 Å². The molecule has 0 bridgehead atoms. The summed E-state index contributed by atoms with van der Waals surface area (Å²) in [6.45, 7) is 3.76. The summed E-state index contributed by atoms with van der Waals surface area (Å²) in [7, 11) is 1.90.